The van der Waals surface area contributed by atoms with Gasteiger partial charge in [0.1, 0.15) is 0 Å². The molecule has 0 bridgehead atoms. The summed E-state index contributed by atoms with van der Waals surface area (Å²) < 4.78 is 5.27. The highest BCUT2D eigenvalue weighted by Gasteiger charge is 2.18. The Kier molecular flexibility index (Phi) is 6.32. The maximum Gasteiger partial charge on any atom is 0.254 e. The van der Waals surface area contributed by atoms with E-state index in [1.54, 1.807) is 35.2 Å². The van der Waals surface area contributed by atoms with E-state index >= 15 is 0 Å². The van der Waals surface area contributed by atoms with Gasteiger partial charge in [0.05, 0.1) is 23.9 Å². The molecule has 0 radical (unpaired) electrons. The van der Waals surface area contributed by atoms with Crippen LogP contribution in [0.2, 0.25) is 10.0 Å². The fraction of sp³-hybridized carbons (Fsp3) is 0.222. The van der Waals surface area contributed by atoms with Gasteiger partial charge in [-0.2, -0.15) is 0 Å². The summed E-state index contributed by atoms with van der Waals surface area (Å²) in [5.41, 5.74) is 2.07. The molecule has 2 aromatic carbocycles. The first-order chi connectivity index (χ1) is 12.5. The van der Waals surface area contributed by atoms with Crippen molar-refractivity contribution in [1.29, 1.82) is 0 Å². The normalized spacial score (nSPS) is 14.0. The third-order valence-corrected chi connectivity index (χ3v) is 4.62. The lowest BCUT2D eigenvalue weighted by Crippen LogP contribution is -2.40. The summed E-state index contributed by atoms with van der Waals surface area (Å²) in [6, 6.07) is 12.3. The fourth-order valence-electron chi connectivity index (χ4n) is 2.52. The van der Waals surface area contributed by atoms with Crippen molar-refractivity contribution in [2.75, 3.05) is 36.9 Å². The molecule has 8 heteroatoms. The number of anilines is 2. The zero-order valence-electron chi connectivity index (χ0n) is 13.8. The van der Waals surface area contributed by atoms with E-state index in [1.165, 1.54) is 0 Å². The number of halogens is 2. The molecule has 136 valence electrons. The first-order valence-corrected chi connectivity index (χ1v) is 9.19. The van der Waals surface area contributed by atoms with Crippen molar-refractivity contribution >= 4 is 57.8 Å². The van der Waals surface area contributed by atoms with Gasteiger partial charge in [-0.15, -0.1) is 0 Å². The molecule has 2 N–H and O–H groups in total. The van der Waals surface area contributed by atoms with Crippen LogP contribution in [-0.4, -0.2) is 42.2 Å². The van der Waals surface area contributed by atoms with Gasteiger partial charge in [0.25, 0.3) is 5.91 Å². The Hall–Kier alpha value is -1.86. The van der Waals surface area contributed by atoms with Gasteiger partial charge in [-0.05, 0) is 54.7 Å². The van der Waals surface area contributed by atoms with Gasteiger partial charge >= 0.3 is 0 Å². The standard InChI is InChI=1S/C18H17Cl2N3O2S/c19-13-3-6-16(15(20)11-13)22-18(26)21-14-4-1-12(2-5-14)17(24)23-7-9-25-10-8-23/h1-6,11H,7-10H2,(H2,21,22,26). The molecule has 1 amide bonds. The molecule has 1 saturated heterocycles. The maximum absolute atomic E-state index is 12.4. The zero-order chi connectivity index (χ0) is 18.5. The Morgan fingerprint density at radius 3 is 2.38 bits per heavy atom. The number of nitrogens with one attached hydrogen (secondary N) is 2. The first kappa shape index (κ1) is 18.9. The van der Waals surface area contributed by atoms with Crippen molar-refractivity contribution in [2.45, 2.75) is 0 Å². The predicted octanol–water partition coefficient (Wildman–Crippen LogP) is 4.27. The number of rotatable bonds is 3. The molecule has 0 unspecified atom stereocenters. The minimum absolute atomic E-state index is 0.00787. The number of benzene rings is 2. The van der Waals surface area contributed by atoms with Crippen LogP contribution in [0.1, 0.15) is 10.4 Å². The van der Waals surface area contributed by atoms with Crippen LogP contribution >= 0.6 is 35.4 Å². The average molecular weight is 410 g/mol. The van der Waals surface area contributed by atoms with Crippen LogP contribution in [0, 0.1) is 0 Å². The first-order valence-electron chi connectivity index (χ1n) is 8.03. The Bertz CT molecular complexity index is 809. The molecule has 1 aliphatic heterocycles. The van der Waals surface area contributed by atoms with Crippen LogP contribution in [0.5, 0.6) is 0 Å². The molecular weight excluding hydrogens is 393 g/mol. The summed E-state index contributed by atoms with van der Waals surface area (Å²) in [6.45, 7) is 2.40. The van der Waals surface area contributed by atoms with Gasteiger partial charge in [-0.3, -0.25) is 4.79 Å². The van der Waals surface area contributed by atoms with Gasteiger partial charge in [-0.1, -0.05) is 23.2 Å². The number of hydrogen-bond acceptors (Lipinski definition) is 3. The second-order valence-electron chi connectivity index (χ2n) is 5.69. The molecule has 5 nitrogen and oxygen atoms in total. The van der Waals surface area contributed by atoms with Crippen LogP contribution in [-0.2, 0) is 4.74 Å². The van der Waals surface area contributed by atoms with Crippen LogP contribution in [0.15, 0.2) is 42.5 Å². The van der Waals surface area contributed by atoms with E-state index in [2.05, 4.69) is 10.6 Å². The maximum atomic E-state index is 12.4. The van der Waals surface area contributed by atoms with Crippen LogP contribution in [0.25, 0.3) is 0 Å². The lowest BCUT2D eigenvalue weighted by atomic mass is 10.1. The number of morpholine rings is 1. The van der Waals surface area contributed by atoms with Gasteiger partial charge < -0.3 is 20.3 Å². The molecule has 26 heavy (non-hydrogen) atoms. The van der Waals surface area contributed by atoms with Crippen molar-refractivity contribution in [2.24, 2.45) is 0 Å². The Balaban J connectivity index is 1.59. The summed E-state index contributed by atoms with van der Waals surface area (Å²) in [5.74, 6) is 0.00787. The highest BCUT2D eigenvalue weighted by Crippen LogP contribution is 2.25. The summed E-state index contributed by atoms with van der Waals surface area (Å²) >= 11 is 17.3. The SMILES string of the molecule is O=C(c1ccc(NC(=S)Nc2ccc(Cl)cc2Cl)cc1)N1CCOCC1. The second kappa shape index (κ2) is 8.68. The van der Waals surface area contributed by atoms with E-state index in [0.29, 0.717) is 52.7 Å². The van der Waals surface area contributed by atoms with Crippen LogP contribution in [0.4, 0.5) is 11.4 Å². The van der Waals surface area contributed by atoms with E-state index in [9.17, 15) is 4.79 Å². The molecule has 1 heterocycles. The fourth-order valence-corrected chi connectivity index (χ4v) is 3.20. The highest BCUT2D eigenvalue weighted by molar-refractivity contribution is 7.80. The molecule has 0 aromatic heterocycles. The van der Waals surface area contributed by atoms with Crippen molar-refractivity contribution in [3.63, 3.8) is 0 Å². The molecule has 1 aliphatic rings. The van der Waals surface area contributed by atoms with E-state index < -0.39 is 0 Å². The molecule has 0 aliphatic carbocycles. The summed E-state index contributed by atoms with van der Waals surface area (Å²) in [4.78, 5) is 14.2. The van der Waals surface area contributed by atoms with Gasteiger partial charge in [-0.25, -0.2) is 0 Å². The Morgan fingerprint density at radius 1 is 1.04 bits per heavy atom. The molecular formula is C18H17Cl2N3O2S. The zero-order valence-corrected chi connectivity index (χ0v) is 16.1. The minimum atomic E-state index is 0.00787. The number of nitrogens with zero attached hydrogens (tertiary/aromatic N) is 1. The lowest BCUT2D eigenvalue weighted by molar-refractivity contribution is 0.0303. The van der Waals surface area contributed by atoms with Crippen molar-refractivity contribution in [3.8, 4) is 0 Å². The van der Waals surface area contributed by atoms with Crippen LogP contribution in [0.3, 0.4) is 0 Å². The van der Waals surface area contributed by atoms with Gasteiger partial charge in [0.2, 0.25) is 0 Å². The summed E-state index contributed by atoms with van der Waals surface area (Å²) in [7, 11) is 0. The second-order valence-corrected chi connectivity index (χ2v) is 6.94. The predicted molar refractivity (Wildman–Crippen MR) is 109 cm³/mol. The van der Waals surface area contributed by atoms with Crippen molar-refractivity contribution in [3.05, 3.63) is 58.1 Å². The summed E-state index contributed by atoms with van der Waals surface area (Å²) in [6.07, 6.45) is 0. The van der Waals surface area contributed by atoms with E-state index in [4.69, 9.17) is 40.2 Å². The number of thiocarbonyl (C=S) groups is 1. The molecule has 0 saturated carbocycles. The highest BCUT2D eigenvalue weighted by atomic mass is 35.5. The topological polar surface area (TPSA) is 53.6 Å². The van der Waals surface area contributed by atoms with E-state index in [0.717, 1.165) is 5.69 Å². The molecule has 1 fully saturated rings. The largest absolute Gasteiger partial charge is 0.378 e. The number of carbonyl (C=O) groups excluding carboxylic acids is 1. The number of carbonyl (C=O) groups is 1. The van der Waals surface area contributed by atoms with Crippen molar-refractivity contribution < 1.29 is 9.53 Å². The molecule has 3 rings (SSSR count). The van der Waals surface area contributed by atoms with Crippen molar-refractivity contribution in [1.82, 2.24) is 4.90 Å². The number of hydrogen-bond donors (Lipinski definition) is 2. The smallest absolute Gasteiger partial charge is 0.254 e. The van der Waals surface area contributed by atoms with E-state index in [1.807, 2.05) is 12.1 Å². The Morgan fingerprint density at radius 2 is 1.73 bits per heavy atom. The molecule has 0 atom stereocenters. The number of amides is 1. The summed E-state index contributed by atoms with van der Waals surface area (Å²) in [5, 5.41) is 7.50. The third kappa shape index (κ3) is 4.86. The van der Waals surface area contributed by atoms with Gasteiger partial charge in [0, 0.05) is 29.4 Å². The quantitative estimate of drug-likeness (QED) is 0.741. The molecule has 0 spiro atoms. The molecule has 2 aromatic rings. The number of ether oxygens (including phenoxy) is 1. The monoisotopic (exact) mass is 409 g/mol. The lowest BCUT2D eigenvalue weighted by Gasteiger charge is -2.26. The Labute approximate surface area is 167 Å². The van der Waals surface area contributed by atoms with Gasteiger partial charge in [0.15, 0.2) is 5.11 Å². The third-order valence-electron chi connectivity index (χ3n) is 3.87. The van der Waals surface area contributed by atoms with Crippen LogP contribution < -0.4 is 10.6 Å². The average Bonchev–Trinajstić information content (AvgIpc) is 2.65. The van der Waals surface area contributed by atoms with E-state index in [-0.39, 0.29) is 5.91 Å². The minimum Gasteiger partial charge on any atom is -0.378 e.